The van der Waals surface area contributed by atoms with Gasteiger partial charge in [-0.2, -0.15) is 0 Å². The van der Waals surface area contributed by atoms with Crippen LogP contribution in [0.1, 0.15) is 19.2 Å². The molecule has 0 aromatic carbocycles. The van der Waals surface area contributed by atoms with Gasteiger partial charge in [0.15, 0.2) is 0 Å². The van der Waals surface area contributed by atoms with Gasteiger partial charge < -0.3 is 9.32 Å². The van der Waals surface area contributed by atoms with E-state index in [0.717, 1.165) is 18.4 Å². The number of aromatic nitrogens is 2. The second kappa shape index (κ2) is 3.77. The molecule has 1 aliphatic carbocycles. The molecule has 0 saturated heterocycles. The monoisotopic (exact) mass is 215 g/mol. The molecular weight excluding hydrogens is 202 g/mol. The molecule has 1 aliphatic rings. The summed E-state index contributed by atoms with van der Waals surface area (Å²) in [5.41, 5.74) is 0. The van der Waals surface area contributed by atoms with Crippen LogP contribution in [-0.2, 0) is 5.88 Å². The van der Waals surface area contributed by atoms with Crippen molar-refractivity contribution in [2.45, 2.75) is 19.2 Å². The molecule has 0 spiro atoms. The van der Waals surface area contributed by atoms with E-state index in [-0.39, 0.29) is 5.88 Å². The van der Waals surface area contributed by atoms with Crippen LogP contribution in [-0.4, -0.2) is 23.8 Å². The van der Waals surface area contributed by atoms with E-state index >= 15 is 0 Å². The number of hydrogen-bond donors (Lipinski definition) is 0. The first kappa shape index (κ1) is 9.77. The largest absolute Gasteiger partial charge is 0.407 e. The van der Waals surface area contributed by atoms with E-state index in [9.17, 15) is 0 Å². The fourth-order valence-electron chi connectivity index (χ4n) is 1.54. The Balaban J connectivity index is 1.93. The van der Waals surface area contributed by atoms with Gasteiger partial charge in [0, 0.05) is 13.6 Å². The highest BCUT2D eigenvalue weighted by Crippen LogP contribution is 2.38. The lowest BCUT2D eigenvalue weighted by atomic mass is 10.3. The molecule has 2 unspecified atom stereocenters. The molecule has 0 aliphatic heterocycles. The maximum absolute atomic E-state index is 5.57. The summed E-state index contributed by atoms with van der Waals surface area (Å²) < 4.78 is 5.33. The summed E-state index contributed by atoms with van der Waals surface area (Å²) in [6, 6.07) is 0.569. The number of anilines is 1. The molecule has 1 saturated carbocycles. The Morgan fingerprint density at radius 2 is 2.29 bits per heavy atom. The molecule has 2 atom stereocenters. The molecule has 0 amide bonds. The minimum absolute atomic E-state index is 0.278. The zero-order chi connectivity index (χ0) is 10.1. The Morgan fingerprint density at radius 3 is 2.79 bits per heavy atom. The highest BCUT2D eigenvalue weighted by atomic mass is 35.5. The van der Waals surface area contributed by atoms with Crippen LogP contribution in [0.15, 0.2) is 4.42 Å². The molecule has 0 N–H and O–H groups in total. The summed E-state index contributed by atoms with van der Waals surface area (Å²) in [6.45, 7) is 3.25. The van der Waals surface area contributed by atoms with Crippen molar-refractivity contribution in [2.24, 2.45) is 11.8 Å². The van der Waals surface area contributed by atoms with Crippen molar-refractivity contribution >= 4 is 17.6 Å². The van der Waals surface area contributed by atoms with Crippen LogP contribution >= 0.6 is 11.6 Å². The molecule has 78 valence electrons. The highest BCUT2D eigenvalue weighted by molar-refractivity contribution is 6.16. The lowest BCUT2D eigenvalue weighted by Gasteiger charge is -2.12. The molecule has 0 radical (unpaired) electrons. The van der Waals surface area contributed by atoms with Crippen LogP contribution in [0.3, 0.4) is 0 Å². The zero-order valence-corrected chi connectivity index (χ0v) is 9.16. The Hall–Kier alpha value is -0.770. The van der Waals surface area contributed by atoms with Crippen molar-refractivity contribution in [2.75, 3.05) is 18.5 Å². The number of nitrogens with zero attached hydrogens (tertiary/aromatic N) is 3. The number of halogens is 1. The predicted molar refractivity (Wildman–Crippen MR) is 54.4 cm³/mol. The van der Waals surface area contributed by atoms with Crippen LogP contribution in [0.5, 0.6) is 0 Å². The van der Waals surface area contributed by atoms with Crippen molar-refractivity contribution in [3.8, 4) is 0 Å². The first-order valence-electron chi connectivity index (χ1n) is 4.80. The fraction of sp³-hybridized carbons (Fsp3) is 0.778. The zero-order valence-electron chi connectivity index (χ0n) is 8.40. The van der Waals surface area contributed by atoms with Gasteiger partial charge in [-0.05, 0) is 18.3 Å². The van der Waals surface area contributed by atoms with E-state index < -0.39 is 0 Å². The topological polar surface area (TPSA) is 42.2 Å². The van der Waals surface area contributed by atoms with Gasteiger partial charge in [-0.3, -0.25) is 0 Å². The molecule has 1 heterocycles. The van der Waals surface area contributed by atoms with E-state index in [1.54, 1.807) is 0 Å². The maximum Gasteiger partial charge on any atom is 0.317 e. The molecule has 2 rings (SSSR count). The summed E-state index contributed by atoms with van der Waals surface area (Å²) in [5, 5.41) is 7.73. The molecule has 5 heteroatoms. The van der Waals surface area contributed by atoms with Crippen LogP contribution in [0.25, 0.3) is 0 Å². The molecule has 1 aromatic heterocycles. The van der Waals surface area contributed by atoms with Gasteiger partial charge in [0.25, 0.3) is 0 Å². The summed E-state index contributed by atoms with van der Waals surface area (Å²) >= 11 is 5.57. The lowest BCUT2D eigenvalue weighted by Crippen LogP contribution is -2.20. The van der Waals surface area contributed by atoms with E-state index in [0.29, 0.717) is 11.9 Å². The Kier molecular flexibility index (Phi) is 2.63. The normalized spacial score (nSPS) is 25.1. The van der Waals surface area contributed by atoms with Crippen molar-refractivity contribution in [1.29, 1.82) is 0 Å². The quantitative estimate of drug-likeness (QED) is 0.720. The third-order valence-corrected chi connectivity index (χ3v) is 2.91. The highest BCUT2D eigenvalue weighted by Gasteiger charge is 2.34. The summed E-state index contributed by atoms with van der Waals surface area (Å²) in [6.07, 6.45) is 1.31. The lowest BCUT2D eigenvalue weighted by molar-refractivity contribution is 0.502. The minimum atomic E-state index is 0.278. The van der Waals surface area contributed by atoms with Gasteiger partial charge in [-0.1, -0.05) is 12.0 Å². The third-order valence-electron chi connectivity index (χ3n) is 2.68. The minimum Gasteiger partial charge on any atom is -0.407 e. The van der Waals surface area contributed by atoms with E-state index in [1.165, 1.54) is 6.42 Å². The van der Waals surface area contributed by atoms with Gasteiger partial charge in [-0.15, -0.1) is 16.7 Å². The smallest absolute Gasteiger partial charge is 0.317 e. The van der Waals surface area contributed by atoms with Gasteiger partial charge >= 0.3 is 6.01 Å². The average Bonchev–Trinajstić information content (AvgIpc) is 2.72. The third kappa shape index (κ3) is 2.00. The molecule has 14 heavy (non-hydrogen) atoms. The average molecular weight is 216 g/mol. The molecule has 4 nitrogen and oxygen atoms in total. The first-order valence-corrected chi connectivity index (χ1v) is 5.33. The number of rotatable bonds is 4. The van der Waals surface area contributed by atoms with E-state index in [2.05, 4.69) is 17.1 Å². The van der Waals surface area contributed by atoms with Gasteiger partial charge in [0.2, 0.25) is 5.89 Å². The van der Waals surface area contributed by atoms with Crippen molar-refractivity contribution in [1.82, 2.24) is 10.2 Å². The fourth-order valence-corrected chi connectivity index (χ4v) is 1.64. The predicted octanol–water partition coefficient (Wildman–Crippen LogP) is 1.90. The van der Waals surface area contributed by atoms with Crippen LogP contribution in [0, 0.1) is 11.8 Å². The van der Waals surface area contributed by atoms with Crippen molar-refractivity contribution in [3.05, 3.63) is 5.89 Å². The Bertz CT molecular complexity index is 315. The standard InChI is InChI=1S/C9H14ClN3O/c1-6-3-7(6)5-13(2)9-12-11-8(4-10)14-9/h6-7H,3-5H2,1-2H3. The molecule has 0 bridgehead atoms. The number of alkyl halides is 1. The summed E-state index contributed by atoms with van der Waals surface area (Å²) in [7, 11) is 1.97. The second-order valence-corrected chi connectivity index (χ2v) is 4.23. The summed E-state index contributed by atoms with van der Waals surface area (Å²) in [4.78, 5) is 2.00. The van der Waals surface area contributed by atoms with Crippen LogP contribution < -0.4 is 4.90 Å². The van der Waals surface area contributed by atoms with Crippen LogP contribution in [0.2, 0.25) is 0 Å². The second-order valence-electron chi connectivity index (χ2n) is 3.97. The SMILES string of the molecule is CC1CC1CN(C)c1nnc(CCl)o1. The van der Waals surface area contributed by atoms with Crippen molar-refractivity contribution in [3.63, 3.8) is 0 Å². The number of hydrogen-bond acceptors (Lipinski definition) is 4. The molecule has 1 aromatic rings. The van der Waals surface area contributed by atoms with Crippen LogP contribution in [0.4, 0.5) is 6.01 Å². The Labute approximate surface area is 88.2 Å². The Morgan fingerprint density at radius 1 is 1.57 bits per heavy atom. The molecule has 1 fully saturated rings. The van der Waals surface area contributed by atoms with Gasteiger partial charge in [0.1, 0.15) is 5.88 Å². The first-order chi connectivity index (χ1) is 6.70. The van der Waals surface area contributed by atoms with Crippen molar-refractivity contribution < 1.29 is 4.42 Å². The van der Waals surface area contributed by atoms with Gasteiger partial charge in [-0.25, -0.2) is 0 Å². The van der Waals surface area contributed by atoms with E-state index in [1.807, 2.05) is 11.9 Å². The summed E-state index contributed by atoms with van der Waals surface area (Å²) in [5.74, 6) is 2.39. The molecular formula is C9H14ClN3O. The maximum atomic E-state index is 5.57. The van der Waals surface area contributed by atoms with Gasteiger partial charge in [0.05, 0.1) is 0 Å². The van der Waals surface area contributed by atoms with E-state index in [4.69, 9.17) is 16.0 Å².